The molecular formula is H3BO5S. The molecule has 0 aromatic carbocycles. The lowest BCUT2D eigenvalue weighted by Crippen LogP contribution is -2.24. The Labute approximate surface area is 40.4 Å². The number of hydrogen-bond acceptors (Lipinski definition) is 4. The summed E-state index contributed by atoms with van der Waals surface area (Å²) in [5.74, 6) is 0. The van der Waals surface area contributed by atoms with Gasteiger partial charge in [-0.05, 0) is 0 Å². The molecule has 0 spiro atoms. The summed E-state index contributed by atoms with van der Waals surface area (Å²) in [6, 6.07) is 0. The van der Waals surface area contributed by atoms with Gasteiger partial charge >= 0.3 is 6.40 Å². The summed E-state index contributed by atoms with van der Waals surface area (Å²) in [6.45, 7) is 0. The molecule has 0 rings (SSSR count). The molecule has 0 aromatic heterocycles. The van der Waals surface area contributed by atoms with Gasteiger partial charge in [-0.2, -0.15) is 0 Å². The first-order chi connectivity index (χ1) is 2.94. The van der Waals surface area contributed by atoms with Crippen molar-refractivity contribution in [3.8, 4) is 0 Å². The zero-order valence-corrected chi connectivity index (χ0v) is 3.96. The van der Waals surface area contributed by atoms with Gasteiger partial charge in [0.1, 0.15) is 0 Å². The molecule has 0 amide bonds. The van der Waals surface area contributed by atoms with Gasteiger partial charge in [0.2, 0.25) is 0 Å². The molecule has 0 saturated heterocycles. The van der Waals surface area contributed by atoms with Crippen LogP contribution < -0.4 is 0 Å². The highest BCUT2D eigenvalue weighted by Gasteiger charge is 2.25. The summed E-state index contributed by atoms with van der Waals surface area (Å²) in [5, 5.41) is 15.2. The summed E-state index contributed by atoms with van der Waals surface area (Å²) in [4.78, 5) is 0. The molecule has 42 valence electrons. The van der Waals surface area contributed by atoms with Crippen LogP contribution in [0.1, 0.15) is 0 Å². The van der Waals surface area contributed by atoms with Gasteiger partial charge in [0.05, 0.1) is 0 Å². The maximum absolute atomic E-state index is 9.39. The standard InChI is InChI=1S/BH3O5S/c2-1(3)7(4,5)6/h2-3H,(H,4,5,6). The van der Waals surface area contributed by atoms with Crippen LogP contribution in [0.4, 0.5) is 0 Å². The van der Waals surface area contributed by atoms with Gasteiger partial charge < -0.3 is 10.0 Å². The van der Waals surface area contributed by atoms with Crippen LogP contribution in [0.5, 0.6) is 0 Å². The molecule has 0 aliphatic heterocycles. The van der Waals surface area contributed by atoms with Crippen LogP contribution in [0, 0.1) is 0 Å². The second-order valence-corrected chi connectivity index (χ2v) is 2.29. The van der Waals surface area contributed by atoms with Gasteiger partial charge in [0.25, 0.3) is 9.97 Å². The third-order valence-corrected chi connectivity index (χ3v) is 0.799. The molecule has 7 heteroatoms. The van der Waals surface area contributed by atoms with E-state index in [0.717, 1.165) is 0 Å². The van der Waals surface area contributed by atoms with E-state index < -0.39 is 16.4 Å². The first-order valence-corrected chi connectivity index (χ1v) is 2.77. The molecule has 0 aromatic rings. The Hall–Kier alpha value is -0.105. The second-order valence-electron chi connectivity index (χ2n) is 0.841. The van der Waals surface area contributed by atoms with E-state index in [-0.39, 0.29) is 0 Å². The average Bonchev–Trinajstić information content (AvgIpc) is 1.31. The van der Waals surface area contributed by atoms with Crippen molar-refractivity contribution in [3.05, 3.63) is 0 Å². The van der Waals surface area contributed by atoms with Gasteiger partial charge in [0.15, 0.2) is 0 Å². The van der Waals surface area contributed by atoms with Crippen LogP contribution in [-0.2, 0) is 9.97 Å². The Morgan fingerprint density at radius 3 is 1.43 bits per heavy atom. The first-order valence-electron chi connectivity index (χ1n) is 1.27. The summed E-state index contributed by atoms with van der Waals surface area (Å²) in [6.07, 6.45) is -2.67. The van der Waals surface area contributed by atoms with E-state index in [9.17, 15) is 8.42 Å². The largest absolute Gasteiger partial charge is 0.628 e. The second kappa shape index (κ2) is 1.79. The highest BCUT2D eigenvalue weighted by molar-refractivity contribution is 8.12. The van der Waals surface area contributed by atoms with Crippen molar-refractivity contribution in [1.29, 1.82) is 0 Å². The minimum Gasteiger partial charge on any atom is -0.413 e. The van der Waals surface area contributed by atoms with E-state index in [4.69, 9.17) is 14.6 Å². The van der Waals surface area contributed by atoms with Crippen LogP contribution in [0.3, 0.4) is 0 Å². The predicted molar refractivity (Wildman–Crippen MR) is 21.7 cm³/mol. The Morgan fingerprint density at radius 2 is 1.43 bits per heavy atom. The van der Waals surface area contributed by atoms with Crippen molar-refractivity contribution >= 4 is 16.4 Å². The molecule has 0 bridgehead atoms. The minimum atomic E-state index is -4.63. The molecule has 0 aliphatic carbocycles. The van der Waals surface area contributed by atoms with Crippen molar-refractivity contribution in [2.75, 3.05) is 0 Å². The monoisotopic (exact) mass is 126 g/mol. The number of hydrogen-bond donors (Lipinski definition) is 3. The van der Waals surface area contributed by atoms with Crippen molar-refractivity contribution < 1.29 is 23.0 Å². The van der Waals surface area contributed by atoms with E-state index in [1.807, 2.05) is 0 Å². The molecule has 0 heterocycles. The molecular weight excluding hydrogens is 123 g/mol. The van der Waals surface area contributed by atoms with Crippen molar-refractivity contribution in [2.24, 2.45) is 0 Å². The Morgan fingerprint density at radius 1 is 1.29 bits per heavy atom. The summed E-state index contributed by atoms with van der Waals surface area (Å²) in [5.41, 5.74) is 0. The van der Waals surface area contributed by atoms with E-state index in [1.54, 1.807) is 0 Å². The Kier molecular flexibility index (Phi) is 1.76. The molecule has 3 N–H and O–H groups in total. The van der Waals surface area contributed by atoms with Crippen LogP contribution in [0.25, 0.3) is 0 Å². The van der Waals surface area contributed by atoms with E-state index in [2.05, 4.69) is 0 Å². The summed E-state index contributed by atoms with van der Waals surface area (Å²) < 4.78 is 26.3. The fraction of sp³-hybridized carbons (Fsp3) is 0. The van der Waals surface area contributed by atoms with Crippen LogP contribution in [0.2, 0.25) is 0 Å². The highest BCUT2D eigenvalue weighted by atomic mass is 32.2. The maximum Gasteiger partial charge on any atom is 0.628 e. The molecule has 5 nitrogen and oxygen atoms in total. The lowest BCUT2D eigenvalue weighted by molar-refractivity contribution is 0.408. The zero-order chi connectivity index (χ0) is 6.08. The summed E-state index contributed by atoms with van der Waals surface area (Å²) in [7, 11) is -4.63. The first kappa shape index (κ1) is 6.89. The maximum atomic E-state index is 9.39. The van der Waals surface area contributed by atoms with Gasteiger partial charge in [-0.1, -0.05) is 0 Å². The van der Waals surface area contributed by atoms with Gasteiger partial charge in [-0.15, -0.1) is 0 Å². The van der Waals surface area contributed by atoms with Gasteiger partial charge in [-0.25, -0.2) is 8.42 Å². The van der Waals surface area contributed by atoms with Crippen molar-refractivity contribution in [1.82, 2.24) is 0 Å². The molecule has 0 fully saturated rings. The van der Waals surface area contributed by atoms with Gasteiger partial charge in [0, 0.05) is 0 Å². The SMILES string of the molecule is O=S(=O)(O)B(O)O. The van der Waals surface area contributed by atoms with Gasteiger partial charge in [-0.3, -0.25) is 4.55 Å². The number of rotatable bonds is 1. The molecule has 0 radical (unpaired) electrons. The Balaban J connectivity index is 4.10. The fourth-order valence-electron chi connectivity index (χ4n) is 0. The minimum absolute atomic E-state index is 2.67. The smallest absolute Gasteiger partial charge is 0.413 e. The topological polar surface area (TPSA) is 94.8 Å². The molecule has 0 atom stereocenters. The van der Waals surface area contributed by atoms with E-state index in [1.165, 1.54) is 0 Å². The molecule has 7 heavy (non-hydrogen) atoms. The lowest BCUT2D eigenvalue weighted by atomic mass is 10.4. The highest BCUT2D eigenvalue weighted by Crippen LogP contribution is 1.79. The van der Waals surface area contributed by atoms with Crippen molar-refractivity contribution in [3.63, 3.8) is 0 Å². The normalized spacial score (nSPS) is 11.3. The lowest BCUT2D eigenvalue weighted by Gasteiger charge is -1.86. The molecule has 0 saturated carbocycles. The average molecular weight is 126 g/mol. The molecule has 0 aliphatic rings. The summed E-state index contributed by atoms with van der Waals surface area (Å²) >= 11 is 0. The molecule has 0 unspecified atom stereocenters. The fourth-order valence-corrected chi connectivity index (χ4v) is 0. The van der Waals surface area contributed by atoms with Crippen LogP contribution in [0.15, 0.2) is 0 Å². The predicted octanol–water partition coefficient (Wildman–Crippen LogP) is -2.16. The van der Waals surface area contributed by atoms with E-state index in [0.29, 0.717) is 0 Å². The van der Waals surface area contributed by atoms with Crippen LogP contribution in [-0.4, -0.2) is 29.4 Å². The zero-order valence-electron chi connectivity index (χ0n) is 3.14. The quantitative estimate of drug-likeness (QED) is 0.275. The van der Waals surface area contributed by atoms with Crippen molar-refractivity contribution in [2.45, 2.75) is 0 Å². The van der Waals surface area contributed by atoms with Crippen LogP contribution >= 0.6 is 0 Å². The Bertz CT molecular complexity index is 130. The third kappa shape index (κ3) is 2.57. The third-order valence-electron chi connectivity index (χ3n) is 0.266. The van der Waals surface area contributed by atoms with E-state index >= 15 is 0 Å².